The molecule has 0 saturated carbocycles. The molecule has 22 heavy (non-hydrogen) atoms. The summed E-state index contributed by atoms with van der Waals surface area (Å²) in [5.41, 5.74) is 0.754. The Morgan fingerprint density at radius 2 is 1.91 bits per heavy atom. The minimum Gasteiger partial charge on any atom is -0.444 e. The van der Waals surface area contributed by atoms with E-state index in [1.165, 1.54) is 0 Å². The number of hydrogen-bond donors (Lipinski definition) is 1. The molecule has 0 fully saturated rings. The zero-order chi connectivity index (χ0) is 16.2. The quantitative estimate of drug-likeness (QED) is 0.869. The van der Waals surface area contributed by atoms with Gasteiger partial charge in [-0.1, -0.05) is 41.7 Å². The van der Waals surface area contributed by atoms with E-state index in [9.17, 15) is 22.8 Å². The first-order valence-corrected chi connectivity index (χ1v) is 6.73. The summed E-state index contributed by atoms with van der Waals surface area (Å²) in [6.45, 7) is 0.00634. The topological polar surface area (TPSA) is 68.3 Å². The molecule has 0 spiro atoms. The van der Waals surface area contributed by atoms with Crippen molar-refractivity contribution in [2.45, 2.75) is 12.8 Å². The van der Waals surface area contributed by atoms with Gasteiger partial charge in [0, 0.05) is 0 Å². The van der Waals surface area contributed by atoms with E-state index in [2.05, 4.69) is 10.3 Å². The fraction of sp³-hybridized carbons (Fsp3) is 0.154. The summed E-state index contributed by atoms with van der Waals surface area (Å²) >= 11 is 0.425. The average Bonchev–Trinajstić information content (AvgIpc) is 2.92. The van der Waals surface area contributed by atoms with Gasteiger partial charge in [0.25, 0.3) is 5.78 Å². The number of nitrogens with zero attached hydrogens (tertiary/aromatic N) is 1. The van der Waals surface area contributed by atoms with Crippen LogP contribution in [0.5, 0.6) is 0 Å². The second-order valence-corrected chi connectivity index (χ2v) is 5.07. The molecule has 0 atom stereocenters. The van der Waals surface area contributed by atoms with Gasteiger partial charge in [-0.25, -0.2) is 9.78 Å². The summed E-state index contributed by atoms with van der Waals surface area (Å²) in [7, 11) is 0. The molecule has 0 saturated heterocycles. The number of anilines is 1. The number of hydrogen-bond acceptors (Lipinski definition) is 5. The molecule has 0 aliphatic heterocycles. The predicted octanol–water partition coefficient (Wildman–Crippen LogP) is 3.64. The number of benzene rings is 1. The fourth-order valence-electron chi connectivity index (χ4n) is 1.42. The maximum Gasteiger partial charge on any atom is 0.455 e. The van der Waals surface area contributed by atoms with Crippen molar-refractivity contribution in [2.75, 3.05) is 5.32 Å². The zero-order valence-electron chi connectivity index (χ0n) is 10.9. The number of Topliss-reactive ketones (excluding diaryl/α,β-unsaturated/α-hetero) is 1. The van der Waals surface area contributed by atoms with Gasteiger partial charge >= 0.3 is 12.3 Å². The van der Waals surface area contributed by atoms with Gasteiger partial charge < -0.3 is 4.74 Å². The summed E-state index contributed by atoms with van der Waals surface area (Å²) in [6, 6.07) is 8.84. The number of carbonyl (C=O) groups is 2. The number of ether oxygens (including phenoxy) is 1. The molecular weight excluding hydrogens is 321 g/mol. The molecule has 116 valence electrons. The van der Waals surface area contributed by atoms with E-state index in [0.29, 0.717) is 11.3 Å². The van der Waals surface area contributed by atoms with Gasteiger partial charge in [-0.15, -0.1) is 0 Å². The highest BCUT2D eigenvalue weighted by Crippen LogP contribution is 2.27. The van der Waals surface area contributed by atoms with Crippen LogP contribution in [-0.2, 0) is 11.3 Å². The number of thiazole rings is 1. The van der Waals surface area contributed by atoms with E-state index in [1.54, 1.807) is 30.3 Å². The number of nitrogens with one attached hydrogen (secondary N) is 1. The van der Waals surface area contributed by atoms with Gasteiger partial charge in [0.2, 0.25) is 0 Å². The van der Waals surface area contributed by atoms with Crippen LogP contribution in [-0.4, -0.2) is 23.0 Å². The normalized spacial score (nSPS) is 11.0. The Balaban J connectivity index is 1.90. The van der Waals surface area contributed by atoms with E-state index >= 15 is 0 Å². The Morgan fingerprint density at radius 3 is 2.55 bits per heavy atom. The van der Waals surface area contributed by atoms with Crippen molar-refractivity contribution in [2.24, 2.45) is 0 Å². The highest BCUT2D eigenvalue weighted by atomic mass is 32.1. The molecule has 5 nitrogen and oxygen atoms in total. The van der Waals surface area contributed by atoms with Crippen molar-refractivity contribution in [3.63, 3.8) is 0 Å². The van der Waals surface area contributed by atoms with E-state index in [1.807, 2.05) is 0 Å². The Bertz CT molecular complexity index is 671. The molecule has 1 amide bonds. The van der Waals surface area contributed by atoms with Crippen LogP contribution in [0.3, 0.4) is 0 Å². The Kier molecular flexibility index (Phi) is 4.76. The van der Waals surface area contributed by atoms with Gasteiger partial charge in [0.05, 0.1) is 6.20 Å². The van der Waals surface area contributed by atoms with Crippen LogP contribution in [0.15, 0.2) is 36.5 Å². The molecule has 0 bridgehead atoms. The number of ketones is 1. The number of halogens is 3. The summed E-state index contributed by atoms with van der Waals surface area (Å²) in [5.74, 6) is -2.00. The van der Waals surface area contributed by atoms with Crippen molar-refractivity contribution < 1.29 is 27.5 Å². The lowest BCUT2D eigenvalue weighted by molar-refractivity contribution is -0.0882. The van der Waals surface area contributed by atoms with Crippen LogP contribution < -0.4 is 5.32 Å². The second-order valence-electron chi connectivity index (χ2n) is 4.04. The minimum absolute atomic E-state index is 0.00634. The standard InChI is InChI=1S/C13H9F3N2O3S/c14-13(15,16)10(19)9-6-17-11(22-9)18-12(20)21-7-8-4-2-1-3-5-8/h1-6H,7H2,(H,17,18,20). The molecule has 2 aromatic rings. The zero-order valence-corrected chi connectivity index (χ0v) is 11.7. The van der Waals surface area contributed by atoms with Crippen molar-refractivity contribution >= 4 is 28.3 Å². The van der Waals surface area contributed by atoms with Gasteiger partial charge in [0.15, 0.2) is 5.13 Å². The van der Waals surface area contributed by atoms with E-state index in [4.69, 9.17) is 4.74 Å². The summed E-state index contributed by atoms with van der Waals surface area (Å²) in [6.07, 6.45) is -5.09. The molecule has 1 heterocycles. The number of alkyl halides is 3. The third-order valence-corrected chi connectivity index (χ3v) is 3.32. The highest BCUT2D eigenvalue weighted by molar-refractivity contribution is 7.17. The lowest BCUT2D eigenvalue weighted by atomic mass is 10.2. The number of rotatable bonds is 4. The predicted molar refractivity (Wildman–Crippen MR) is 72.7 cm³/mol. The van der Waals surface area contributed by atoms with Gasteiger partial charge in [-0.3, -0.25) is 10.1 Å². The summed E-state index contributed by atoms with van der Waals surface area (Å²) < 4.78 is 41.6. The molecular formula is C13H9F3N2O3S. The van der Waals surface area contributed by atoms with Gasteiger partial charge in [-0.2, -0.15) is 13.2 Å². The Labute approximate surface area is 126 Å². The Hall–Kier alpha value is -2.42. The summed E-state index contributed by atoms with van der Waals surface area (Å²) in [4.78, 5) is 25.4. The fourth-order valence-corrected chi connectivity index (χ4v) is 2.18. The van der Waals surface area contributed by atoms with Crippen LogP contribution in [0, 0.1) is 0 Å². The second kappa shape index (κ2) is 6.56. The molecule has 1 aromatic heterocycles. The van der Waals surface area contributed by atoms with Gasteiger partial charge in [0.1, 0.15) is 11.5 Å². The largest absolute Gasteiger partial charge is 0.455 e. The van der Waals surface area contributed by atoms with Crippen molar-refractivity contribution in [1.82, 2.24) is 4.98 Å². The van der Waals surface area contributed by atoms with Crippen LogP contribution in [0.4, 0.5) is 23.1 Å². The van der Waals surface area contributed by atoms with Crippen LogP contribution in [0.1, 0.15) is 15.2 Å². The molecule has 0 unspecified atom stereocenters. The maximum atomic E-state index is 12.2. The number of aromatic nitrogens is 1. The molecule has 0 aliphatic rings. The molecule has 1 N–H and O–H groups in total. The summed E-state index contributed by atoms with van der Waals surface area (Å²) in [5, 5.41) is 2.02. The SMILES string of the molecule is O=C(Nc1ncc(C(=O)C(F)(F)F)s1)OCc1ccccc1. The lowest BCUT2D eigenvalue weighted by Crippen LogP contribution is -2.21. The first-order chi connectivity index (χ1) is 10.4. The van der Waals surface area contributed by atoms with E-state index in [0.717, 1.165) is 11.8 Å². The van der Waals surface area contributed by atoms with Crippen LogP contribution >= 0.6 is 11.3 Å². The molecule has 2 rings (SSSR count). The average molecular weight is 330 g/mol. The third kappa shape index (κ3) is 4.29. The third-order valence-electron chi connectivity index (χ3n) is 2.41. The van der Waals surface area contributed by atoms with E-state index < -0.39 is 22.9 Å². The molecule has 0 radical (unpaired) electrons. The van der Waals surface area contributed by atoms with E-state index in [-0.39, 0.29) is 11.7 Å². The Morgan fingerprint density at radius 1 is 1.23 bits per heavy atom. The number of carbonyl (C=O) groups excluding carboxylic acids is 2. The maximum absolute atomic E-state index is 12.2. The van der Waals surface area contributed by atoms with Crippen molar-refractivity contribution in [1.29, 1.82) is 0 Å². The van der Waals surface area contributed by atoms with Crippen LogP contribution in [0.25, 0.3) is 0 Å². The van der Waals surface area contributed by atoms with Crippen LogP contribution in [0.2, 0.25) is 0 Å². The highest BCUT2D eigenvalue weighted by Gasteiger charge is 2.40. The minimum atomic E-state index is -4.97. The monoisotopic (exact) mass is 330 g/mol. The van der Waals surface area contributed by atoms with Crippen molar-refractivity contribution in [3.8, 4) is 0 Å². The molecule has 1 aromatic carbocycles. The van der Waals surface area contributed by atoms with Crippen molar-refractivity contribution in [3.05, 3.63) is 47.0 Å². The number of amides is 1. The molecule has 0 aliphatic carbocycles. The molecule has 9 heteroatoms. The lowest BCUT2D eigenvalue weighted by Gasteiger charge is -2.04. The van der Waals surface area contributed by atoms with Gasteiger partial charge in [-0.05, 0) is 5.56 Å². The first-order valence-electron chi connectivity index (χ1n) is 5.91. The smallest absolute Gasteiger partial charge is 0.444 e. The first kappa shape index (κ1) is 16.0.